The zero-order chi connectivity index (χ0) is 15.9. The predicted octanol–water partition coefficient (Wildman–Crippen LogP) is 4.02. The van der Waals surface area contributed by atoms with E-state index in [-0.39, 0.29) is 0 Å². The van der Waals surface area contributed by atoms with Gasteiger partial charge < -0.3 is 10.5 Å². The van der Waals surface area contributed by atoms with Gasteiger partial charge in [0.1, 0.15) is 5.82 Å². The minimum Gasteiger partial charge on any atom is -0.383 e. The maximum Gasteiger partial charge on any atom is 0.205 e. The molecule has 1 aliphatic carbocycles. The van der Waals surface area contributed by atoms with Gasteiger partial charge in [-0.15, -0.1) is 11.3 Å². The fourth-order valence-electron chi connectivity index (χ4n) is 2.71. The second-order valence-corrected chi connectivity index (χ2v) is 6.62. The van der Waals surface area contributed by atoms with Gasteiger partial charge >= 0.3 is 0 Å². The molecule has 1 heterocycles. The summed E-state index contributed by atoms with van der Waals surface area (Å²) in [7, 11) is 0. The average molecular weight is 330 g/mol. The molecule has 0 atom stereocenters. The first-order chi connectivity index (χ1) is 11.3. The molecule has 1 fully saturated rings. The van der Waals surface area contributed by atoms with E-state index in [1.54, 1.807) is 11.6 Å². The molecule has 2 aromatic rings. The van der Waals surface area contributed by atoms with Gasteiger partial charge in [-0.05, 0) is 30.0 Å². The first kappa shape index (κ1) is 16.0. The summed E-state index contributed by atoms with van der Waals surface area (Å²) in [4.78, 5) is 4.09. The van der Waals surface area contributed by atoms with Gasteiger partial charge in [0, 0.05) is 5.38 Å². The Kier molecular flexibility index (Phi) is 5.60. The summed E-state index contributed by atoms with van der Waals surface area (Å²) in [6.45, 7) is 0.669. The molecule has 0 radical (unpaired) electrons. The number of rotatable bonds is 6. The van der Waals surface area contributed by atoms with Crippen LogP contribution in [-0.4, -0.2) is 17.3 Å². The number of ether oxygens (including phenoxy) is 1. The number of thiazole rings is 1. The number of nitrogens with one attached hydrogen (secondary N) is 1. The molecule has 0 unspecified atom stereocenters. The summed E-state index contributed by atoms with van der Waals surface area (Å²) in [6.07, 6.45) is 8.54. The lowest BCUT2D eigenvalue weighted by Gasteiger charge is -2.22. The number of hydrogen-bond donors (Lipinski definition) is 2. The number of nitrogens with two attached hydrogens (primary N) is 1. The van der Waals surface area contributed by atoms with Crippen molar-refractivity contribution in [1.29, 1.82) is 0 Å². The summed E-state index contributed by atoms with van der Waals surface area (Å²) in [6, 6.07) is 8.24. The van der Waals surface area contributed by atoms with E-state index in [9.17, 15) is 0 Å². The van der Waals surface area contributed by atoms with Crippen molar-refractivity contribution in [1.82, 2.24) is 4.98 Å². The quantitative estimate of drug-likeness (QED) is 0.620. The van der Waals surface area contributed by atoms with Gasteiger partial charge in [0.2, 0.25) is 5.13 Å². The number of anilines is 2. The Labute approximate surface area is 140 Å². The Balaban J connectivity index is 1.52. The summed E-state index contributed by atoms with van der Waals surface area (Å²) >= 11 is 1.43. The van der Waals surface area contributed by atoms with E-state index in [0.29, 0.717) is 23.7 Å². The summed E-state index contributed by atoms with van der Waals surface area (Å²) < 4.78 is 6.02. The van der Waals surface area contributed by atoms with Crippen LogP contribution in [0.25, 0.3) is 0 Å². The van der Waals surface area contributed by atoms with Crippen LogP contribution in [-0.2, 0) is 11.3 Å². The first-order valence-electron chi connectivity index (χ1n) is 8.00. The van der Waals surface area contributed by atoms with Crippen LogP contribution in [0.15, 0.2) is 34.7 Å². The molecule has 0 spiro atoms. The van der Waals surface area contributed by atoms with E-state index in [0.717, 1.165) is 5.56 Å². The molecule has 0 aliphatic heterocycles. The van der Waals surface area contributed by atoms with Gasteiger partial charge in [0.05, 0.1) is 18.9 Å². The van der Waals surface area contributed by atoms with E-state index >= 15 is 0 Å². The van der Waals surface area contributed by atoms with Gasteiger partial charge in [-0.25, -0.2) is 4.98 Å². The van der Waals surface area contributed by atoms with Crippen molar-refractivity contribution in [2.75, 3.05) is 11.2 Å². The smallest absolute Gasteiger partial charge is 0.205 e. The van der Waals surface area contributed by atoms with Crippen LogP contribution < -0.4 is 11.2 Å². The van der Waals surface area contributed by atoms with Crippen molar-refractivity contribution in [2.24, 2.45) is 5.10 Å². The largest absolute Gasteiger partial charge is 0.383 e. The van der Waals surface area contributed by atoms with Crippen LogP contribution in [0.1, 0.15) is 43.2 Å². The van der Waals surface area contributed by atoms with Crippen molar-refractivity contribution in [3.63, 3.8) is 0 Å². The number of hydrogen-bond acceptors (Lipinski definition) is 6. The summed E-state index contributed by atoms with van der Waals surface area (Å²) in [5, 5.41) is 6.66. The highest BCUT2D eigenvalue weighted by Gasteiger charge is 2.13. The van der Waals surface area contributed by atoms with Crippen LogP contribution in [0.4, 0.5) is 10.9 Å². The molecule has 0 bridgehead atoms. The molecule has 0 amide bonds. The lowest BCUT2D eigenvalue weighted by molar-refractivity contribution is 0.0169. The van der Waals surface area contributed by atoms with E-state index < -0.39 is 0 Å². The van der Waals surface area contributed by atoms with Crippen LogP contribution in [0.3, 0.4) is 0 Å². The Morgan fingerprint density at radius 3 is 3.00 bits per heavy atom. The molecule has 3 N–H and O–H groups in total. The number of hydrazone groups is 1. The molecule has 5 nitrogen and oxygen atoms in total. The Morgan fingerprint density at radius 2 is 2.22 bits per heavy atom. The van der Waals surface area contributed by atoms with Gasteiger partial charge in [-0.1, -0.05) is 37.5 Å². The zero-order valence-corrected chi connectivity index (χ0v) is 13.9. The molecule has 1 aliphatic rings. The Bertz CT molecular complexity index is 650. The normalized spacial score (nSPS) is 16.0. The van der Waals surface area contributed by atoms with Crippen LogP contribution in [0, 0.1) is 0 Å². The lowest BCUT2D eigenvalue weighted by Crippen LogP contribution is -2.16. The van der Waals surface area contributed by atoms with Crippen molar-refractivity contribution in [3.8, 4) is 0 Å². The van der Waals surface area contributed by atoms with E-state index in [1.165, 1.54) is 49.0 Å². The number of benzene rings is 1. The number of aromatic nitrogens is 1. The van der Waals surface area contributed by atoms with Crippen molar-refractivity contribution < 1.29 is 4.74 Å². The van der Waals surface area contributed by atoms with E-state index in [1.807, 2.05) is 12.1 Å². The van der Waals surface area contributed by atoms with Gasteiger partial charge in [-0.3, -0.25) is 5.43 Å². The number of nitrogens with zero attached hydrogens (tertiary/aromatic N) is 2. The van der Waals surface area contributed by atoms with Crippen molar-refractivity contribution >= 4 is 28.5 Å². The van der Waals surface area contributed by atoms with Gasteiger partial charge in [-0.2, -0.15) is 5.10 Å². The molecular weight excluding hydrogens is 308 g/mol. The van der Waals surface area contributed by atoms with E-state index in [4.69, 9.17) is 10.5 Å². The fourth-order valence-corrected chi connectivity index (χ4v) is 3.26. The molecule has 0 saturated heterocycles. The third kappa shape index (κ3) is 5.04. The number of nitrogen functional groups attached to an aromatic ring is 1. The van der Waals surface area contributed by atoms with E-state index in [2.05, 4.69) is 27.6 Å². The van der Waals surface area contributed by atoms with Crippen LogP contribution in [0.2, 0.25) is 0 Å². The molecule has 1 aromatic carbocycles. The fraction of sp³-hybridized carbons (Fsp3) is 0.412. The molecule has 6 heteroatoms. The first-order valence-corrected chi connectivity index (χ1v) is 8.88. The predicted molar refractivity (Wildman–Crippen MR) is 95.8 cm³/mol. The summed E-state index contributed by atoms with van der Waals surface area (Å²) in [5.41, 5.74) is 10.7. The average Bonchev–Trinajstić information content (AvgIpc) is 3.00. The highest BCUT2D eigenvalue weighted by atomic mass is 32.1. The van der Waals surface area contributed by atoms with Gasteiger partial charge in [0.25, 0.3) is 0 Å². The third-order valence-electron chi connectivity index (χ3n) is 3.88. The minimum absolute atomic E-state index is 0.429. The summed E-state index contributed by atoms with van der Waals surface area (Å²) in [5.74, 6) is 0.509. The SMILES string of the molecule is Nc1csc(NN=Cc2cccc(COC3CCCCC3)c2)n1. The molecule has 23 heavy (non-hydrogen) atoms. The minimum atomic E-state index is 0.429. The third-order valence-corrected chi connectivity index (χ3v) is 4.65. The monoisotopic (exact) mass is 330 g/mol. The molecule has 1 aromatic heterocycles. The highest BCUT2D eigenvalue weighted by Crippen LogP contribution is 2.21. The maximum atomic E-state index is 6.02. The standard InChI is InChI=1S/C17H22N4OS/c18-16-12-23-17(20-16)21-19-10-13-5-4-6-14(9-13)11-22-15-7-2-1-3-8-15/h4-6,9-10,12,15H,1-3,7-8,11,18H2,(H,20,21). The van der Waals surface area contributed by atoms with Crippen molar-refractivity contribution in [2.45, 2.75) is 44.8 Å². The highest BCUT2D eigenvalue weighted by molar-refractivity contribution is 7.14. The van der Waals surface area contributed by atoms with Crippen LogP contribution in [0.5, 0.6) is 0 Å². The Morgan fingerprint density at radius 1 is 1.35 bits per heavy atom. The molecular formula is C17H22N4OS. The van der Waals surface area contributed by atoms with Crippen LogP contribution >= 0.6 is 11.3 Å². The molecule has 1 saturated carbocycles. The maximum absolute atomic E-state index is 6.02. The second-order valence-electron chi connectivity index (χ2n) is 5.76. The van der Waals surface area contributed by atoms with Gasteiger partial charge in [0.15, 0.2) is 0 Å². The Hall–Kier alpha value is -1.92. The lowest BCUT2D eigenvalue weighted by atomic mass is 9.98. The second kappa shape index (κ2) is 8.08. The topological polar surface area (TPSA) is 72.5 Å². The zero-order valence-electron chi connectivity index (χ0n) is 13.1. The molecule has 3 rings (SSSR count). The van der Waals surface area contributed by atoms with Crippen molar-refractivity contribution in [3.05, 3.63) is 40.8 Å². The molecule has 122 valence electrons.